The predicted octanol–water partition coefficient (Wildman–Crippen LogP) is 3.16. The minimum atomic E-state index is 0.654. The standard InChI is InChI=1S/C14H18N6S/c1-4-10-6-11-12(17-9-7-16-20(3)8-9)18-14(15-5-2)19-13(11)21-10/h6-8H,4-5H2,1-3H3,(H2,15,17,18,19). The highest BCUT2D eigenvalue weighted by Gasteiger charge is 2.12. The van der Waals surface area contributed by atoms with Gasteiger partial charge in [0.2, 0.25) is 5.95 Å². The van der Waals surface area contributed by atoms with Crippen LogP contribution in [0.15, 0.2) is 18.5 Å². The van der Waals surface area contributed by atoms with Gasteiger partial charge in [0.1, 0.15) is 10.6 Å². The number of fused-ring (bicyclic) bond motifs is 1. The molecule has 3 heterocycles. The first-order valence-electron chi connectivity index (χ1n) is 6.99. The smallest absolute Gasteiger partial charge is 0.226 e. The molecule has 0 unspecified atom stereocenters. The number of aryl methyl sites for hydroxylation is 2. The fraction of sp³-hybridized carbons (Fsp3) is 0.357. The summed E-state index contributed by atoms with van der Waals surface area (Å²) < 4.78 is 1.76. The Balaban J connectivity index is 2.06. The molecule has 0 aliphatic carbocycles. The molecule has 0 radical (unpaired) electrons. The van der Waals surface area contributed by atoms with Crippen molar-refractivity contribution in [2.24, 2.45) is 7.05 Å². The van der Waals surface area contributed by atoms with E-state index < -0.39 is 0 Å². The van der Waals surface area contributed by atoms with Gasteiger partial charge in [-0.05, 0) is 19.4 Å². The zero-order chi connectivity index (χ0) is 14.8. The van der Waals surface area contributed by atoms with Crippen LogP contribution in [0.25, 0.3) is 10.2 Å². The van der Waals surface area contributed by atoms with Crippen molar-refractivity contribution in [3.8, 4) is 0 Å². The second-order valence-electron chi connectivity index (χ2n) is 4.74. The molecule has 110 valence electrons. The summed E-state index contributed by atoms with van der Waals surface area (Å²) in [5.41, 5.74) is 0.921. The second kappa shape index (κ2) is 5.69. The number of hydrogen-bond donors (Lipinski definition) is 2. The molecule has 3 aromatic heterocycles. The van der Waals surface area contributed by atoms with Crippen molar-refractivity contribution < 1.29 is 0 Å². The van der Waals surface area contributed by atoms with Crippen molar-refractivity contribution in [1.29, 1.82) is 0 Å². The summed E-state index contributed by atoms with van der Waals surface area (Å²) in [6.07, 6.45) is 4.71. The van der Waals surface area contributed by atoms with Gasteiger partial charge in [0, 0.05) is 24.7 Å². The Morgan fingerprint density at radius 2 is 2.14 bits per heavy atom. The summed E-state index contributed by atoms with van der Waals surface area (Å²) in [6, 6.07) is 2.16. The van der Waals surface area contributed by atoms with Gasteiger partial charge in [-0.2, -0.15) is 10.1 Å². The minimum absolute atomic E-state index is 0.654. The lowest BCUT2D eigenvalue weighted by atomic mass is 10.3. The Kier molecular flexibility index (Phi) is 3.74. The third-order valence-electron chi connectivity index (χ3n) is 3.09. The van der Waals surface area contributed by atoms with Crippen LogP contribution in [0.3, 0.4) is 0 Å². The largest absolute Gasteiger partial charge is 0.354 e. The van der Waals surface area contributed by atoms with Crippen LogP contribution in [0.5, 0.6) is 0 Å². The molecule has 0 aliphatic rings. The van der Waals surface area contributed by atoms with Crippen molar-refractivity contribution in [2.75, 3.05) is 17.2 Å². The number of nitrogens with zero attached hydrogens (tertiary/aromatic N) is 4. The summed E-state index contributed by atoms with van der Waals surface area (Å²) in [7, 11) is 1.89. The van der Waals surface area contributed by atoms with E-state index in [1.54, 1.807) is 22.2 Å². The lowest BCUT2D eigenvalue weighted by molar-refractivity contribution is 0.768. The van der Waals surface area contributed by atoms with Crippen LogP contribution in [0.4, 0.5) is 17.5 Å². The zero-order valence-electron chi connectivity index (χ0n) is 12.3. The molecule has 0 bridgehead atoms. The highest BCUT2D eigenvalue weighted by atomic mass is 32.1. The van der Waals surface area contributed by atoms with Crippen LogP contribution in [-0.4, -0.2) is 26.3 Å². The van der Waals surface area contributed by atoms with Crippen LogP contribution in [0.1, 0.15) is 18.7 Å². The third-order valence-corrected chi connectivity index (χ3v) is 4.27. The number of nitrogens with one attached hydrogen (secondary N) is 2. The Morgan fingerprint density at radius 1 is 1.29 bits per heavy atom. The van der Waals surface area contributed by atoms with Gasteiger partial charge in [0.25, 0.3) is 0 Å². The van der Waals surface area contributed by atoms with Gasteiger partial charge in [-0.15, -0.1) is 11.3 Å². The monoisotopic (exact) mass is 302 g/mol. The Morgan fingerprint density at radius 3 is 2.81 bits per heavy atom. The van der Waals surface area contributed by atoms with Gasteiger partial charge in [-0.25, -0.2) is 4.98 Å². The minimum Gasteiger partial charge on any atom is -0.354 e. The van der Waals surface area contributed by atoms with Crippen LogP contribution in [0, 0.1) is 0 Å². The molecule has 6 nitrogen and oxygen atoms in total. The van der Waals surface area contributed by atoms with E-state index in [1.165, 1.54) is 4.88 Å². The fourth-order valence-corrected chi connectivity index (χ4v) is 3.07. The maximum atomic E-state index is 4.58. The quantitative estimate of drug-likeness (QED) is 0.757. The van der Waals surface area contributed by atoms with Crippen LogP contribution in [0.2, 0.25) is 0 Å². The van der Waals surface area contributed by atoms with E-state index in [4.69, 9.17) is 0 Å². The van der Waals surface area contributed by atoms with Crippen molar-refractivity contribution in [3.05, 3.63) is 23.3 Å². The van der Waals surface area contributed by atoms with Crippen molar-refractivity contribution >= 4 is 39.0 Å². The van der Waals surface area contributed by atoms with Gasteiger partial charge in [0.05, 0.1) is 17.3 Å². The Bertz CT molecular complexity index is 760. The second-order valence-corrected chi connectivity index (χ2v) is 5.85. The van der Waals surface area contributed by atoms with E-state index in [2.05, 4.69) is 38.7 Å². The summed E-state index contributed by atoms with van der Waals surface area (Å²) in [5, 5.41) is 11.7. The number of aromatic nitrogens is 4. The number of anilines is 3. The molecular formula is C14H18N6S. The fourth-order valence-electron chi connectivity index (χ4n) is 2.10. The topological polar surface area (TPSA) is 67.7 Å². The van der Waals surface area contributed by atoms with Crippen LogP contribution < -0.4 is 10.6 Å². The molecule has 0 atom stereocenters. The van der Waals surface area contributed by atoms with Crippen molar-refractivity contribution in [1.82, 2.24) is 19.7 Å². The van der Waals surface area contributed by atoms with E-state index >= 15 is 0 Å². The molecule has 0 fully saturated rings. The first-order chi connectivity index (χ1) is 10.2. The van der Waals surface area contributed by atoms with Gasteiger partial charge in [-0.1, -0.05) is 6.92 Å². The van der Waals surface area contributed by atoms with Gasteiger partial charge >= 0.3 is 0 Å². The number of thiophene rings is 1. The molecular weight excluding hydrogens is 284 g/mol. The van der Waals surface area contributed by atoms with Crippen LogP contribution >= 0.6 is 11.3 Å². The summed E-state index contributed by atoms with van der Waals surface area (Å²) in [4.78, 5) is 11.5. The molecule has 21 heavy (non-hydrogen) atoms. The van der Waals surface area contributed by atoms with Crippen LogP contribution in [-0.2, 0) is 13.5 Å². The highest BCUT2D eigenvalue weighted by Crippen LogP contribution is 2.31. The average molecular weight is 302 g/mol. The molecule has 7 heteroatoms. The molecule has 0 aliphatic heterocycles. The Labute approximate surface area is 127 Å². The molecule has 2 N–H and O–H groups in total. The lowest BCUT2D eigenvalue weighted by Crippen LogP contribution is -2.04. The summed E-state index contributed by atoms with van der Waals surface area (Å²) in [6.45, 7) is 4.98. The third kappa shape index (κ3) is 2.82. The molecule has 3 aromatic rings. The Hall–Kier alpha value is -2.15. The predicted molar refractivity (Wildman–Crippen MR) is 87.4 cm³/mol. The van der Waals surface area contributed by atoms with E-state index in [0.29, 0.717) is 5.95 Å². The van der Waals surface area contributed by atoms with E-state index in [-0.39, 0.29) is 0 Å². The SMILES string of the molecule is CCNc1nc(Nc2cnn(C)c2)c2cc(CC)sc2n1. The van der Waals surface area contributed by atoms with E-state index in [0.717, 1.165) is 34.7 Å². The maximum Gasteiger partial charge on any atom is 0.226 e. The van der Waals surface area contributed by atoms with Gasteiger partial charge in [0.15, 0.2) is 0 Å². The molecule has 0 saturated heterocycles. The summed E-state index contributed by atoms with van der Waals surface area (Å²) in [5.74, 6) is 1.47. The summed E-state index contributed by atoms with van der Waals surface area (Å²) >= 11 is 1.72. The van der Waals surface area contributed by atoms with Crippen molar-refractivity contribution in [2.45, 2.75) is 20.3 Å². The first kappa shape index (κ1) is 13.8. The molecule has 0 spiro atoms. The molecule has 0 aromatic carbocycles. The van der Waals surface area contributed by atoms with Gasteiger partial charge < -0.3 is 10.6 Å². The average Bonchev–Trinajstić information content (AvgIpc) is 3.05. The van der Waals surface area contributed by atoms with Crippen molar-refractivity contribution in [3.63, 3.8) is 0 Å². The normalized spacial score (nSPS) is 11.0. The van der Waals surface area contributed by atoms with Gasteiger partial charge in [-0.3, -0.25) is 4.68 Å². The highest BCUT2D eigenvalue weighted by molar-refractivity contribution is 7.18. The lowest BCUT2D eigenvalue weighted by Gasteiger charge is -2.07. The number of rotatable bonds is 5. The van der Waals surface area contributed by atoms with E-state index in [1.807, 2.05) is 20.2 Å². The zero-order valence-corrected chi connectivity index (χ0v) is 13.2. The number of hydrogen-bond acceptors (Lipinski definition) is 6. The molecule has 0 amide bonds. The van der Waals surface area contributed by atoms with E-state index in [9.17, 15) is 0 Å². The first-order valence-corrected chi connectivity index (χ1v) is 7.81. The maximum absolute atomic E-state index is 4.58. The molecule has 3 rings (SSSR count). The molecule has 0 saturated carbocycles.